The van der Waals surface area contributed by atoms with Gasteiger partial charge in [-0.1, -0.05) is 6.42 Å². The van der Waals surface area contributed by atoms with Crippen molar-refractivity contribution in [2.24, 2.45) is 0 Å². The van der Waals surface area contributed by atoms with E-state index in [-0.39, 0.29) is 19.3 Å². The molecule has 0 spiro atoms. The molecule has 114 valence electrons. The molecule has 2 saturated heterocycles. The molecule has 0 aromatic heterocycles. The van der Waals surface area contributed by atoms with Gasteiger partial charge in [0, 0.05) is 6.42 Å². The van der Waals surface area contributed by atoms with Gasteiger partial charge in [-0.3, -0.25) is 9.69 Å². The number of cyclic esters (lactones) is 1. The van der Waals surface area contributed by atoms with Crippen LogP contribution in [0.4, 0.5) is 26.3 Å². The molecule has 2 rings (SSSR count). The van der Waals surface area contributed by atoms with E-state index in [9.17, 15) is 35.9 Å². The Morgan fingerprint density at radius 2 is 1.60 bits per heavy atom. The number of carbonyl (C=O) groups is 2. The number of esters is 1. The van der Waals surface area contributed by atoms with Crippen LogP contribution < -0.4 is 0 Å². The van der Waals surface area contributed by atoms with E-state index in [2.05, 4.69) is 4.74 Å². The molecular formula is C10H9F6NO3. The minimum absolute atomic E-state index is 0.130. The number of ether oxygens (including phenoxy) is 1. The third kappa shape index (κ3) is 1.84. The lowest BCUT2D eigenvalue weighted by Gasteiger charge is -2.38. The van der Waals surface area contributed by atoms with Crippen LogP contribution in [0.15, 0.2) is 0 Å². The van der Waals surface area contributed by atoms with Gasteiger partial charge in [-0.25, -0.2) is 4.79 Å². The maximum Gasteiger partial charge on any atom is 0.458 e. The van der Waals surface area contributed by atoms with E-state index in [4.69, 9.17) is 0 Å². The highest BCUT2D eigenvalue weighted by molar-refractivity contribution is 5.89. The van der Waals surface area contributed by atoms with Crippen LogP contribution in [-0.4, -0.2) is 40.9 Å². The second-order valence-corrected chi connectivity index (χ2v) is 4.59. The van der Waals surface area contributed by atoms with Gasteiger partial charge in [0.2, 0.25) is 5.91 Å². The lowest BCUT2D eigenvalue weighted by atomic mass is 10.1. The predicted octanol–water partition coefficient (Wildman–Crippen LogP) is 2.14. The molecule has 0 aliphatic carbocycles. The van der Waals surface area contributed by atoms with Crippen LogP contribution in [0.2, 0.25) is 0 Å². The van der Waals surface area contributed by atoms with Crippen LogP contribution in [-0.2, 0) is 14.3 Å². The first-order chi connectivity index (χ1) is 9.02. The zero-order valence-corrected chi connectivity index (χ0v) is 9.85. The summed E-state index contributed by atoms with van der Waals surface area (Å²) in [5.41, 5.74) is -4.87. The quantitative estimate of drug-likeness (QED) is 0.509. The Kier molecular flexibility index (Phi) is 3.17. The van der Waals surface area contributed by atoms with E-state index in [1.54, 1.807) is 0 Å². The van der Waals surface area contributed by atoms with Crippen LogP contribution in [0.3, 0.4) is 0 Å². The Labute approximate surface area is 108 Å². The second-order valence-electron chi connectivity index (χ2n) is 4.59. The summed E-state index contributed by atoms with van der Waals surface area (Å²) in [7, 11) is 0. The fourth-order valence-corrected chi connectivity index (χ4v) is 2.47. The average Bonchev–Trinajstić information content (AvgIpc) is 2.44. The Morgan fingerprint density at radius 3 is 2.10 bits per heavy atom. The highest BCUT2D eigenvalue weighted by Crippen LogP contribution is 2.53. The summed E-state index contributed by atoms with van der Waals surface area (Å²) < 4.78 is 81.5. The third-order valence-corrected chi connectivity index (χ3v) is 3.33. The van der Waals surface area contributed by atoms with Crippen molar-refractivity contribution in [3.05, 3.63) is 0 Å². The average molecular weight is 305 g/mol. The summed E-state index contributed by atoms with van der Waals surface area (Å²) in [5, 5.41) is 0. The predicted molar refractivity (Wildman–Crippen MR) is 50.0 cm³/mol. The maximum absolute atomic E-state index is 13.0. The Morgan fingerprint density at radius 1 is 1.05 bits per heavy atom. The van der Waals surface area contributed by atoms with Crippen LogP contribution in [0.5, 0.6) is 0 Å². The summed E-state index contributed by atoms with van der Waals surface area (Å²) in [4.78, 5) is 22.6. The highest BCUT2D eigenvalue weighted by atomic mass is 19.4. The van der Waals surface area contributed by atoms with E-state index in [1.807, 2.05) is 0 Å². The lowest BCUT2D eigenvalue weighted by molar-refractivity contribution is -0.395. The van der Waals surface area contributed by atoms with Crippen molar-refractivity contribution in [2.75, 3.05) is 0 Å². The van der Waals surface area contributed by atoms with Crippen molar-refractivity contribution >= 4 is 11.9 Å². The Bertz CT molecular complexity index is 429. The molecule has 2 heterocycles. The fourth-order valence-electron chi connectivity index (χ4n) is 2.47. The van der Waals surface area contributed by atoms with Gasteiger partial charge in [-0.15, -0.1) is 0 Å². The number of hydrogen-bond acceptors (Lipinski definition) is 3. The summed E-state index contributed by atoms with van der Waals surface area (Å²) in [5.74, 6) is -3.05. The number of rotatable bonds is 0. The molecule has 0 N–H and O–H groups in total. The first-order valence-corrected chi connectivity index (χ1v) is 5.71. The number of hydrogen-bond donors (Lipinski definition) is 0. The van der Waals surface area contributed by atoms with E-state index in [1.165, 1.54) is 0 Å². The molecule has 0 aromatic rings. The van der Waals surface area contributed by atoms with Crippen LogP contribution in [0.1, 0.15) is 25.7 Å². The van der Waals surface area contributed by atoms with E-state index in [0.29, 0.717) is 0 Å². The van der Waals surface area contributed by atoms with Crippen LogP contribution in [0.25, 0.3) is 0 Å². The Balaban J connectivity index is 2.62. The van der Waals surface area contributed by atoms with Gasteiger partial charge in [0.05, 0.1) is 0 Å². The molecule has 20 heavy (non-hydrogen) atoms. The van der Waals surface area contributed by atoms with Crippen LogP contribution in [0, 0.1) is 0 Å². The van der Waals surface area contributed by atoms with Crippen molar-refractivity contribution in [1.29, 1.82) is 0 Å². The molecule has 2 aliphatic rings. The number of carbonyl (C=O) groups excluding carboxylic acids is 2. The van der Waals surface area contributed by atoms with Gasteiger partial charge in [0.1, 0.15) is 6.04 Å². The van der Waals surface area contributed by atoms with E-state index in [0.717, 1.165) is 0 Å². The van der Waals surface area contributed by atoms with Crippen molar-refractivity contribution in [3.63, 3.8) is 0 Å². The van der Waals surface area contributed by atoms with Gasteiger partial charge < -0.3 is 4.74 Å². The minimum atomic E-state index is -5.96. The van der Waals surface area contributed by atoms with Gasteiger partial charge in [0.25, 0.3) is 0 Å². The first-order valence-electron chi connectivity index (χ1n) is 5.71. The normalized spacial score (nSPS) is 27.1. The number of nitrogens with zero attached hydrogens (tertiary/aromatic N) is 1. The molecule has 0 bridgehead atoms. The number of fused-ring (bicyclic) bond motifs is 1. The van der Waals surface area contributed by atoms with Crippen molar-refractivity contribution in [3.8, 4) is 0 Å². The summed E-state index contributed by atoms with van der Waals surface area (Å²) in [6.07, 6.45) is -12.4. The molecule has 0 aromatic carbocycles. The molecule has 0 unspecified atom stereocenters. The number of halogens is 6. The molecule has 1 amide bonds. The lowest BCUT2D eigenvalue weighted by Crippen LogP contribution is -2.67. The van der Waals surface area contributed by atoms with Gasteiger partial charge in [-0.2, -0.15) is 26.3 Å². The van der Waals surface area contributed by atoms with Gasteiger partial charge in [0.15, 0.2) is 0 Å². The molecule has 0 saturated carbocycles. The molecule has 2 aliphatic heterocycles. The molecule has 1 atom stereocenters. The van der Waals surface area contributed by atoms with E-state index >= 15 is 0 Å². The van der Waals surface area contributed by atoms with E-state index < -0.39 is 47.3 Å². The molecular weight excluding hydrogens is 296 g/mol. The monoisotopic (exact) mass is 305 g/mol. The molecule has 4 nitrogen and oxygen atoms in total. The van der Waals surface area contributed by atoms with Crippen molar-refractivity contribution in [2.45, 2.75) is 49.8 Å². The second kappa shape index (κ2) is 4.26. The van der Waals surface area contributed by atoms with Crippen molar-refractivity contribution < 1.29 is 40.7 Å². The highest BCUT2D eigenvalue weighted by Gasteiger charge is 2.83. The fraction of sp³-hybridized carbons (Fsp3) is 0.800. The summed E-state index contributed by atoms with van der Waals surface area (Å²) in [6.45, 7) is 0. The van der Waals surface area contributed by atoms with Gasteiger partial charge in [-0.05, 0) is 12.8 Å². The minimum Gasteiger partial charge on any atom is -0.419 e. The SMILES string of the molecule is O=C1OC(C(F)(F)F)(C(F)(F)F)N2C(=O)CCCC[C@H]12. The summed E-state index contributed by atoms with van der Waals surface area (Å²) in [6, 6.07) is -1.84. The topological polar surface area (TPSA) is 46.6 Å². The van der Waals surface area contributed by atoms with Crippen molar-refractivity contribution in [1.82, 2.24) is 4.90 Å². The summed E-state index contributed by atoms with van der Waals surface area (Å²) >= 11 is 0. The zero-order valence-electron chi connectivity index (χ0n) is 9.85. The maximum atomic E-state index is 13.0. The molecule has 0 radical (unpaired) electrons. The first kappa shape index (κ1) is 14.9. The standard InChI is InChI=1S/C10H9F6NO3/c11-9(12,13)8(10(14,15)16)17-5(7(19)20-8)3-1-2-4-6(17)18/h5H,1-4H2/t5-/m1/s1. The Hall–Kier alpha value is -1.48. The number of amides is 1. The molecule has 2 fully saturated rings. The van der Waals surface area contributed by atoms with Crippen LogP contribution >= 0.6 is 0 Å². The third-order valence-electron chi connectivity index (χ3n) is 3.33. The largest absolute Gasteiger partial charge is 0.458 e. The smallest absolute Gasteiger partial charge is 0.419 e. The zero-order chi connectivity index (χ0) is 15.3. The van der Waals surface area contributed by atoms with Gasteiger partial charge >= 0.3 is 24.0 Å². The number of alkyl halides is 6. The molecule has 10 heteroatoms.